The number of nitrogens with one attached hydrogen (secondary N) is 1. The lowest BCUT2D eigenvalue weighted by Gasteiger charge is -2.24. The summed E-state index contributed by atoms with van der Waals surface area (Å²) in [6.07, 6.45) is 6.98. The summed E-state index contributed by atoms with van der Waals surface area (Å²) in [6, 6.07) is 11.1. The Morgan fingerprint density at radius 2 is 2.07 bits per heavy atom. The Morgan fingerprint density at radius 3 is 2.87 bits per heavy atom. The van der Waals surface area contributed by atoms with Crippen LogP contribution in [0.25, 0.3) is 16.7 Å². The Morgan fingerprint density at radius 1 is 1.23 bits per heavy atom. The number of likely N-dealkylation sites (tertiary alicyclic amines) is 1. The molecule has 5 rings (SSSR count). The van der Waals surface area contributed by atoms with E-state index in [1.807, 2.05) is 23.3 Å². The van der Waals surface area contributed by atoms with Crippen LogP contribution < -0.4 is 0 Å². The molecule has 1 saturated heterocycles. The van der Waals surface area contributed by atoms with Crippen LogP contribution in [0.15, 0.2) is 53.7 Å². The number of halogens is 1. The van der Waals surface area contributed by atoms with Crippen molar-refractivity contribution in [3.05, 3.63) is 65.2 Å². The van der Waals surface area contributed by atoms with Crippen LogP contribution in [0.4, 0.5) is 0 Å². The van der Waals surface area contributed by atoms with Crippen LogP contribution in [0.1, 0.15) is 35.1 Å². The van der Waals surface area contributed by atoms with Crippen LogP contribution in [0.5, 0.6) is 0 Å². The first-order valence-electron chi connectivity index (χ1n) is 9.65. The van der Waals surface area contributed by atoms with E-state index in [0.717, 1.165) is 34.6 Å². The van der Waals surface area contributed by atoms with E-state index in [1.165, 1.54) is 4.80 Å². The SMILES string of the molecule is CSc1cccc2nc(C3CCCN3C(=O)c3cc(Cl)ccc3-n3nccn3)[nH]c12. The van der Waals surface area contributed by atoms with Crippen molar-refractivity contribution in [2.45, 2.75) is 23.8 Å². The fourth-order valence-corrected chi connectivity index (χ4v) is 4.74. The van der Waals surface area contributed by atoms with Crippen molar-refractivity contribution >= 4 is 40.3 Å². The van der Waals surface area contributed by atoms with E-state index >= 15 is 0 Å². The standard InChI is InChI=1S/C21H19ClN6OS/c1-30-18-6-2-4-15-19(18)26-20(25-15)17-5-3-11-27(17)21(29)14-12-13(22)7-8-16(14)28-23-9-10-24-28/h2,4,6-10,12,17H,3,5,11H2,1H3,(H,25,26). The van der Waals surface area contributed by atoms with Crippen LogP contribution in [-0.4, -0.2) is 48.6 Å². The van der Waals surface area contributed by atoms with Gasteiger partial charge in [0.1, 0.15) is 5.82 Å². The summed E-state index contributed by atoms with van der Waals surface area (Å²) in [5.41, 5.74) is 3.02. The fourth-order valence-electron chi connectivity index (χ4n) is 3.99. The predicted molar refractivity (Wildman–Crippen MR) is 117 cm³/mol. The Hall–Kier alpha value is -2.84. The molecule has 1 atom stereocenters. The number of benzene rings is 2. The summed E-state index contributed by atoms with van der Waals surface area (Å²) in [5, 5.41) is 8.86. The molecule has 1 N–H and O–H groups in total. The Balaban J connectivity index is 1.53. The molecule has 7 nitrogen and oxygen atoms in total. The molecule has 1 amide bonds. The average Bonchev–Trinajstić information content (AvgIpc) is 3.52. The molecule has 30 heavy (non-hydrogen) atoms. The third kappa shape index (κ3) is 3.26. The van der Waals surface area contributed by atoms with Crippen LogP contribution >= 0.6 is 23.4 Å². The smallest absolute Gasteiger partial charge is 0.256 e. The highest BCUT2D eigenvalue weighted by Gasteiger charge is 2.34. The summed E-state index contributed by atoms with van der Waals surface area (Å²) < 4.78 is 0. The number of fused-ring (bicyclic) bond motifs is 1. The zero-order chi connectivity index (χ0) is 20.7. The number of para-hydroxylation sites is 1. The van der Waals surface area contributed by atoms with Crippen LogP contribution in [0, 0.1) is 0 Å². The monoisotopic (exact) mass is 438 g/mol. The molecule has 1 aliphatic heterocycles. The summed E-state index contributed by atoms with van der Waals surface area (Å²) in [4.78, 5) is 26.3. The highest BCUT2D eigenvalue weighted by atomic mass is 35.5. The number of imidazole rings is 1. The maximum atomic E-state index is 13.6. The number of nitrogens with zero attached hydrogens (tertiary/aromatic N) is 5. The molecule has 2 aromatic carbocycles. The van der Waals surface area contributed by atoms with Crippen molar-refractivity contribution < 1.29 is 4.79 Å². The third-order valence-electron chi connectivity index (χ3n) is 5.37. The van der Waals surface area contributed by atoms with E-state index in [2.05, 4.69) is 21.2 Å². The second-order valence-corrected chi connectivity index (χ2v) is 8.40. The van der Waals surface area contributed by atoms with Crippen LogP contribution in [-0.2, 0) is 0 Å². The first-order valence-corrected chi connectivity index (χ1v) is 11.3. The Kier molecular flexibility index (Phi) is 4.96. The number of rotatable bonds is 4. The van der Waals surface area contributed by atoms with Gasteiger partial charge in [0.2, 0.25) is 0 Å². The Bertz CT molecular complexity index is 1220. The molecule has 9 heteroatoms. The lowest BCUT2D eigenvalue weighted by atomic mass is 10.1. The number of aromatic amines is 1. The summed E-state index contributed by atoms with van der Waals surface area (Å²) in [7, 11) is 0. The number of thioether (sulfide) groups is 1. The zero-order valence-corrected chi connectivity index (χ0v) is 17.8. The normalized spacial score (nSPS) is 16.5. The van der Waals surface area contributed by atoms with Gasteiger partial charge in [-0.15, -0.1) is 11.8 Å². The van der Waals surface area contributed by atoms with Gasteiger partial charge in [0.05, 0.1) is 40.7 Å². The first-order chi connectivity index (χ1) is 14.7. The lowest BCUT2D eigenvalue weighted by Crippen LogP contribution is -2.32. The topological polar surface area (TPSA) is 79.7 Å². The van der Waals surface area contributed by atoms with Gasteiger partial charge in [-0.05, 0) is 49.4 Å². The van der Waals surface area contributed by atoms with Crippen molar-refractivity contribution in [1.29, 1.82) is 0 Å². The minimum Gasteiger partial charge on any atom is -0.339 e. The Labute approximate surface area is 182 Å². The minimum atomic E-state index is -0.114. The number of H-pyrrole nitrogens is 1. The highest BCUT2D eigenvalue weighted by Crippen LogP contribution is 2.35. The van der Waals surface area contributed by atoms with E-state index in [9.17, 15) is 4.79 Å². The van der Waals surface area contributed by atoms with E-state index < -0.39 is 0 Å². The predicted octanol–water partition coefficient (Wildman–Crippen LogP) is 4.50. The van der Waals surface area contributed by atoms with Gasteiger partial charge in [-0.2, -0.15) is 15.0 Å². The lowest BCUT2D eigenvalue weighted by molar-refractivity contribution is 0.0730. The van der Waals surface area contributed by atoms with Gasteiger partial charge in [-0.1, -0.05) is 17.7 Å². The quantitative estimate of drug-likeness (QED) is 0.474. The second-order valence-electron chi connectivity index (χ2n) is 7.11. The zero-order valence-electron chi connectivity index (χ0n) is 16.2. The maximum absolute atomic E-state index is 13.6. The van der Waals surface area contributed by atoms with Crippen LogP contribution in [0.2, 0.25) is 5.02 Å². The van der Waals surface area contributed by atoms with E-state index in [0.29, 0.717) is 22.8 Å². The van der Waals surface area contributed by atoms with Crippen molar-refractivity contribution in [3.63, 3.8) is 0 Å². The minimum absolute atomic E-state index is 0.0992. The molecule has 4 aromatic rings. The molecule has 1 unspecified atom stereocenters. The molecular weight excluding hydrogens is 420 g/mol. The largest absolute Gasteiger partial charge is 0.339 e. The fraction of sp³-hybridized carbons (Fsp3) is 0.238. The number of hydrogen-bond acceptors (Lipinski definition) is 5. The van der Waals surface area contributed by atoms with E-state index in [1.54, 1.807) is 42.4 Å². The van der Waals surface area contributed by atoms with Gasteiger partial charge in [0.15, 0.2) is 0 Å². The molecule has 1 aliphatic rings. The molecule has 0 bridgehead atoms. The second kappa shape index (κ2) is 7.77. The summed E-state index contributed by atoms with van der Waals surface area (Å²) in [5.74, 6) is 0.719. The molecule has 0 saturated carbocycles. The number of amides is 1. The molecule has 0 spiro atoms. The molecule has 0 radical (unpaired) electrons. The van der Waals surface area contributed by atoms with E-state index in [4.69, 9.17) is 16.6 Å². The van der Waals surface area contributed by atoms with Crippen molar-refractivity contribution in [2.75, 3.05) is 12.8 Å². The first kappa shape index (κ1) is 19.1. The third-order valence-corrected chi connectivity index (χ3v) is 6.39. The summed E-state index contributed by atoms with van der Waals surface area (Å²) in [6.45, 7) is 0.661. The summed E-state index contributed by atoms with van der Waals surface area (Å²) >= 11 is 7.90. The number of aromatic nitrogens is 5. The average molecular weight is 439 g/mol. The van der Waals surface area contributed by atoms with Gasteiger partial charge in [0.25, 0.3) is 5.91 Å². The highest BCUT2D eigenvalue weighted by molar-refractivity contribution is 7.98. The molecule has 152 valence electrons. The van der Waals surface area contributed by atoms with E-state index in [-0.39, 0.29) is 11.9 Å². The molecule has 1 fully saturated rings. The molecule has 2 aromatic heterocycles. The maximum Gasteiger partial charge on any atom is 0.256 e. The van der Waals surface area contributed by atoms with Gasteiger partial charge in [-0.25, -0.2) is 4.98 Å². The molecule has 0 aliphatic carbocycles. The molecular formula is C21H19ClN6OS. The van der Waals surface area contributed by atoms with Gasteiger partial charge in [0, 0.05) is 16.5 Å². The number of hydrogen-bond donors (Lipinski definition) is 1. The van der Waals surface area contributed by atoms with Crippen molar-refractivity contribution in [2.24, 2.45) is 0 Å². The number of carbonyl (C=O) groups is 1. The van der Waals surface area contributed by atoms with Gasteiger partial charge in [-0.3, -0.25) is 4.79 Å². The van der Waals surface area contributed by atoms with Crippen molar-refractivity contribution in [1.82, 2.24) is 29.9 Å². The van der Waals surface area contributed by atoms with Gasteiger partial charge >= 0.3 is 0 Å². The molecule has 3 heterocycles. The van der Waals surface area contributed by atoms with Crippen LogP contribution in [0.3, 0.4) is 0 Å². The number of carbonyl (C=O) groups excluding carboxylic acids is 1. The van der Waals surface area contributed by atoms with Gasteiger partial charge < -0.3 is 9.88 Å². The van der Waals surface area contributed by atoms with Crippen molar-refractivity contribution in [3.8, 4) is 5.69 Å².